The maximum Gasteiger partial charge on any atom is 0.313 e. The van der Waals surface area contributed by atoms with E-state index in [9.17, 15) is 9.59 Å². The molecule has 0 bridgehead atoms. The third-order valence-corrected chi connectivity index (χ3v) is 4.94. The highest BCUT2D eigenvalue weighted by molar-refractivity contribution is 6.39. The Kier molecular flexibility index (Phi) is 6.79. The first kappa shape index (κ1) is 19.3. The molecule has 27 heavy (non-hydrogen) atoms. The van der Waals surface area contributed by atoms with Crippen LogP contribution in [0.1, 0.15) is 18.4 Å². The molecule has 2 heterocycles. The highest BCUT2D eigenvalue weighted by Gasteiger charge is 2.21. The fourth-order valence-electron chi connectivity index (χ4n) is 3.17. The Labute approximate surface area is 163 Å². The van der Waals surface area contributed by atoms with Crippen LogP contribution in [0.3, 0.4) is 0 Å². The second-order valence-electron chi connectivity index (χ2n) is 6.75. The number of piperidine rings is 1. The summed E-state index contributed by atoms with van der Waals surface area (Å²) in [5.41, 5.74) is 1.77. The highest BCUT2D eigenvalue weighted by atomic mass is 35.5. The first-order valence-corrected chi connectivity index (χ1v) is 9.44. The number of carbonyl (C=O) groups excluding carboxylic acids is 2. The van der Waals surface area contributed by atoms with E-state index in [-0.39, 0.29) is 0 Å². The minimum atomic E-state index is -0.674. The second-order valence-corrected chi connectivity index (χ2v) is 7.19. The first-order chi connectivity index (χ1) is 13.1. The first-order valence-electron chi connectivity index (χ1n) is 9.06. The van der Waals surface area contributed by atoms with E-state index in [0.717, 1.165) is 32.5 Å². The number of pyridine rings is 1. The summed E-state index contributed by atoms with van der Waals surface area (Å²) in [6.45, 7) is 3.41. The van der Waals surface area contributed by atoms with Crippen LogP contribution >= 0.6 is 11.6 Å². The van der Waals surface area contributed by atoms with Crippen molar-refractivity contribution >= 4 is 29.1 Å². The summed E-state index contributed by atoms with van der Waals surface area (Å²) in [6.07, 6.45) is 5.63. The zero-order valence-corrected chi connectivity index (χ0v) is 15.8. The average molecular weight is 387 g/mol. The van der Waals surface area contributed by atoms with Crippen molar-refractivity contribution < 1.29 is 9.59 Å². The fraction of sp³-hybridized carbons (Fsp3) is 0.350. The number of hydrogen-bond donors (Lipinski definition) is 2. The van der Waals surface area contributed by atoms with Gasteiger partial charge in [0.05, 0.1) is 0 Å². The molecule has 1 saturated heterocycles. The SMILES string of the molecule is O=C(NCC1CCN(Cc2ccncc2)CC1)C(=O)Nc1cccc(Cl)c1. The van der Waals surface area contributed by atoms with Gasteiger partial charge in [-0.2, -0.15) is 0 Å². The number of aromatic nitrogens is 1. The van der Waals surface area contributed by atoms with Gasteiger partial charge in [-0.15, -0.1) is 0 Å². The van der Waals surface area contributed by atoms with Crippen LogP contribution in [-0.4, -0.2) is 41.3 Å². The predicted octanol–water partition coefficient (Wildman–Crippen LogP) is 2.70. The van der Waals surface area contributed by atoms with Gasteiger partial charge in [0.15, 0.2) is 0 Å². The highest BCUT2D eigenvalue weighted by Crippen LogP contribution is 2.18. The summed E-state index contributed by atoms with van der Waals surface area (Å²) >= 11 is 5.87. The molecule has 0 radical (unpaired) electrons. The van der Waals surface area contributed by atoms with Crippen LogP contribution in [0.4, 0.5) is 5.69 Å². The van der Waals surface area contributed by atoms with Crippen molar-refractivity contribution in [3.8, 4) is 0 Å². The van der Waals surface area contributed by atoms with Gasteiger partial charge in [0.25, 0.3) is 0 Å². The molecule has 1 aliphatic rings. The number of anilines is 1. The van der Waals surface area contributed by atoms with E-state index in [1.165, 1.54) is 5.56 Å². The van der Waals surface area contributed by atoms with Gasteiger partial charge in [0, 0.05) is 36.2 Å². The van der Waals surface area contributed by atoms with Crippen molar-refractivity contribution in [1.29, 1.82) is 0 Å². The van der Waals surface area contributed by atoms with Crippen LogP contribution < -0.4 is 10.6 Å². The molecular weight excluding hydrogens is 364 g/mol. The molecule has 0 unspecified atom stereocenters. The van der Waals surface area contributed by atoms with E-state index in [1.54, 1.807) is 24.3 Å². The number of nitrogens with one attached hydrogen (secondary N) is 2. The van der Waals surface area contributed by atoms with Gasteiger partial charge in [-0.05, 0) is 67.7 Å². The number of halogens is 1. The van der Waals surface area contributed by atoms with Gasteiger partial charge in [0.2, 0.25) is 0 Å². The lowest BCUT2D eigenvalue weighted by Crippen LogP contribution is -2.41. The van der Waals surface area contributed by atoms with E-state index in [4.69, 9.17) is 11.6 Å². The quantitative estimate of drug-likeness (QED) is 0.775. The molecule has 142 valence electrons. The van der Waals surface area contributed by atoms with Gasteiger partial charge < -0.3 is 10.6 Å². The molecule has 2 amide bonds. The Morgan fingerprint density at radius 2 is 1.85 bits per heavy atom. The average Bonchev–Trinajstić information content (AvgIpc) is 2.68. The zero-order chi connectivity index (χ0) is 19.1. The van der Waals surface area contributed by atoms with E-state index < -0.39 is 11.8 Å². The standard InChI is InChI=1S/C20H23ClN4O2/c21-17-2-1-3-18(12-17)24-20(27)19(26)23-13-15-6-10-25(11-7-15)14-16-4-8-22-9-5-16/h1-5,8-9,12,15H,6-7,10-11,13-14H2,(H,23,26)(H,24,27). The van der Waals surface area contributed by atoms with Crippen molar-refractivity contribution in [1.82, 2.24) is 15.2 Å². The number of hydrogen-bond acceptors (Lipinski definition) is 4. The smallest absolute Gasteiger partial charge is 0.313 e. The molecule has 6 nitrogen and oxygen atoms in total. The third kappa shape index (κ3) is 6.05. The number of nitrogens with zero attached hydrogens (tertiary/aromatic N) is 2. The normalized spacial score (nSPS) is 15.3. The van der Waals surface area contributed by atoms with E-state index in [0.29, 0.717) is 23.2 Å². The maximum atomic E-state index is 12.0. The van der Waals surface area contributed by atoms with Crippen molar-refractivity contribution in [2.75, 3.05) is 25.0 Å². The monoisotopic (exact) mass is 386 g/mol. The van der Waals surface area contributed by atoms with Gasteiger partial charge in [-0.3, -0.25) is 19.5 Å². The lowest BCUT2D eigenvalue weighted by atomic mass is 9.96. The van der Waals surface area contributed by atoms with Crippen LogP contribution in [-0.2, 0) is 16.1 Å². The van der Waals surface area contributed by atoms with Crippen molar-refractivity contribution in [2.24, 2.45) is 5.92 Å². The molecule has 2 N–H and O–H groups in total. The molecule has 0 aliphatic carbocycles. The van der Waals surface area contributed by atoms with E-state index in [2.05, 4.69) is 20.5 Å². The van der Waals surface area contributed by atoms with Crippen LogP contribution in [0.2, 0.25) is 5.02 Å². The van der Waals surface area contributed by atoms with Crippen molar-refractivity contribution in [3.63, 3.8) is 0 Å². The van der Waals surface area contributed by atoms with Crippen molar-refractivity contribution in [3.05, 3.63) is 59.4 Å². The van der Waals surface area contributed by atoms with Gasteiger partial charge in [0.1, 0.15) is 0 Å². The van der Waals surface area contributed by atoms with Crippen LogP contribution in [0.25, 0.3) is 0 Å². The molecule has 1 aromatic heterocycles. The Balaban J connectivity index is 1.38. The zero-order valence-electron chi connectivity index (χ0n) is 15.0. The fourth-order valence-corrected chi connectivity index (χ4v) is 3.36. The topological polar surface area (TPSA) is 74.3 Å². The largest absolute Gasteiger partial charge is 0.348 e. The van der Waals surface area contributed by atoms with Crippen LogP contribution in [0.15, 0.2) is 48.8 Å². The summed E-state index contributed by atoms with van der Waals surface area (Å²) < 4.78 is 0. The molecule has 1 aromatic carbocycles. The van der Waals surface area contributed by atoms with Gasteiger partial charge in [-0.1, -0.05) is 17.7 Å². The second kappa shape index (κ2) is 9.48. The van der Waals surface area contributed by atoms with Crippen molar-refractivity contribution in [2.45, 2.75) is 19.4 Å². The predicted molar refractivity (Wildman–Crippen MR) is 105 cm³/mol. The Hall–Kier alpha value is -2.44. The molecular formula is C20H23ClN4O2. The third-order valence-electron chi connectivity index (χ3n) is 4.70. The molecule has 2 aromatic rings. The lowest BCUT2D eigenvalue weighted by Gasteiger charge is -2.32. The lowest BCUT2D eigenvalue weighted by molar-refractivity contribution is -0.136. The Morgan fingerprint density at radius 3 is 2.56 bits per heavy atom. The van der Waals surface area contributed by atoms with Crippen LogP contribution in [0, 0.1) is 5.92 Å². The number of likely N-dealkylation sites (tertiary alicyclic amines) is 1. The number of amides is 2. The molecule has 0 atom stereocenters. The van der Waals surface area contributed by atoms with Crippen LogP contribution in [0.5, 0.6) is 0 Å². The molecule has 7 heteroatoms. The van der Waals surface area contributed by atoms with E-state index in [1.807, 2.05) is 24.5 Å². The summed E-state index contributed by atoms with van der Waals surface area (Å²) in [5, 5.41) is 5.80. The van der Waals surface area contributed by atoms with E-state index >= 15 is 0 Å². The molecule has 1 aliphatic heterocycles. The summed E-state index contributed by atoms with van der Waals surface area (Å²) in [6, 6.07) is 10.8. The summed E-state index contributed by atoms with van der Waals surface area (Å²) in [7, 11) is 0. The molecule has 0 spiro atoms. The number of benzene rings is 1. The summed E-state index contributed by atoms with van der Waals surface area (Å²) in [4.78, 5) is 30.4. The summed E-state index contributed by atoms with van der Waals surface area (Å²) in [5.74, 6) is -0.900. The van der Waals surface area contributed by atoms with Gasteiger partial charge >= 0.3 is 11.8 Å². The minimum absolute atomic E-state index is 0.390. The van der Waals surface area contributed by atoms with Gasteiger partial charge in [-0.25, -0.2) is 0 Å². The molecule has 0 saturated carbocycles. The number of rotatable bonds is 5. The Morgan fingerprint density at radius 1 is 1.11 bits per heavy atom. The number of carbonyl (C=O) groups is 2. The molecule has 1 fully saturated rings. The maximum absolute atomic E-state index is 12.0. The Bertz CT molecular complexity index is 777. The molecule has 3 rings (SSSR count). The minimum Gasteiger partial charge on any atom is -0.348 e.